The van der Waals surface area contributed by atoms with Crippen LogP contribution in [0.1, 0.15) is 24.1 Å². The van der Waals surface area contributed by atoms with Gasteiger partial charge >= 0.3 is 6.03 Å². The average molecular weight is 483 g/mol. The summed E-state index contributed by atoms with van der Waals surface area (Å²) < 4.78 is 0. The van der Waals surface area contributed by atoms with E-state index < -0.39 is 0 Å². The predicted molar refractivity (Wildman–Crippen MR) is 150 cm³/mol. The Hall–Kier alpha value is -4.90. The lowest BCUT2D eigenvalue weighted by Gasteiger charge is -2.45. The molecule has 0 bridgehead atoms. The number of hydrogen-bond donors (Lipinski definition) is 0. The molecule has 5 aromatic rings. The fourth-order valence-corrected chi connectivity index (χ4v) is 4.83. The van der Waals surface area contributed by atoms with E-state index in [0.717, 1.165) is 27.6 Å². The SMILES string of the molecule is C[C@H](c1ccccc1)N1C(c2cccc3ccccc23)=NN(c2ccccc2)C(=O)N1c1ccccc1. The van der Waals surface area contributed by atoms with Gasteiger partial charge in [-0.15, -0.1) is 5.10 Å². The minimum Gasteiger partial charge on any atom is -0.250 e. The quantitative estimate of drug-likeness (QED) is 0.258. The van der Waals surface area contributed by atoms with E-state index in [1.165, 1.54) is 5.01 Å². The standard InChI is InChI=1S/C32H26N4O/c1-24(25-14-5-2-6-15-25)35-31(30-23-13-17-26-16-11-12-22-29(26)30)33-34(27-18-7-3-8-19-27)32(37)36(35)28-20-9-4-10-21-28/h2-24H,1H3/t24-/m1/s1. The monoisotopic (exact) mass is 482 g/mol. The maximum atomic E-state index is 14.2. The molecule has 1 aliphatic rings. The van der Waals surface area contributed by atoms with Crippen LogP contribution in [-0.4, -0.2) is 16.9 Å². The lowest BCUT2D eigenvalue weighted by atomic mass is 10.0. The molecule has 6 rings (SSSR count). The maximum absolute atomic E-state index is 14.2. The number of carbonyl (C=O) groups is 1. The van der Waals surface area contributed by atoms with Gasteiger partial charge in [0, 0.05) is 5.56 Å². The van der Waals surface area contributed by atoms with Crippen LogP contribution in [0.2, 0.25) is 0 Å². The number of hydrazine groups is 1. The molecule has 0 fully saturated rings. The van der Waals surface area contributed by atoms with Crippen molar-refractivity contribution in [2.75, 3.05) is 10.0 Å². The van der Waals surface area contributed by atoms with Crippen LogP contribution >= 0.6 is 0 Å². The molecule has 180 valence electrons. The molecule has 0 saturated heterocycles. The van der Waals surface area contributed by atoms with Crippen LogP contribution in [0.15, 0.2) is 139 Å². The van der Waals surface area contributed by atoms with Gasteiger partial charge in [-0.05, 0) is 47.5 Å². The fraction of sp³-hybridized carbons (Fsp3) is 0.0625. The van der Waals surface area contributed by atoms with E-state index in [1.807, 2.05) is 102 Å². The fourth-order valence-electron chi connectivity index (χ4n) is 4.83. The van der Waals surface area contributed by atoms with E-state index in [9.17, 15) is 4.79 Å². The molecule has 1 heterocycles. The van der Waals surface area contributed by atoms with E-state index in [4.69, 9.17) is 5.10 Å². The highest BCUT2D eigenvalue weighted by molar-refractivity contribution is 6.17. The van der Waals surface area contributed by atoms with E-state index in [0.29, 0.717) is 11.5 Å². The minimum absolute atomic E-state index is 0.180. The first kappa shape index (κ1) is 22.6. The molecule has 0 aliphatic carbocycles. The van der Waals surface area contributed by atoms with Crippen molar-refractivity contribution in [3.63, 3.8) is 0 Å². The van der Waals surface area contributed by atoms with Gasteiger partial charge in [0.25, 0.3) is 0 Å². The number of nitrogens with zero attached hydrogens (tertiary/aromatic N) is 4. The van der Waals surface area contributed by atoms with Gasteiger partial charge in [0.15, 0.2) is 5.84 Å². The molecule has 5 nitrogen and oxygen atoms in total. The number of fused-ring (bicyclic) bond motifs is 1. The zero-order valence-corrected chi connectivity index (χ0v) is 20.5. The molecule has 5 heteroatoms. The summed E-state index contributed by atoms with van der Waals surface area (Å²) in [5.41, 5.74) is 3.51. The Labute approximate surface area is 216 Å². The Morgan fingerprint density at radius 3 is 1.89 bits per heavy atom. The minimum atomic E-state index is -0.246. The van der Waals surface area contributed by atoms with E-state index in [1.54, 1.807) is 5.01 Å². The van der Waals surface area contributed by atoms with Crippen LogP contribution < -0.4 is 10.0 Å². The number of urea groups is 1. The van der Waals surface area contributed by atoms with Crippen molar-refractivity contribution in [2.24, 2.45) is 5.10 Å². The van der Waals surface area contributed by atoms with Crippen molar-refractivity contribution < 1.29 is 4.79 Å². The Balaban J connectivity index is 1.64. The summed E-state index contributed by atoms with van der Waals surface area (Å²) in [6, 6.07) is 43.6. The normalized spacial score (nSPS) is 14.6. The highest BCUT2D eigenvalue weighted by Crippen LogP contribution is 2.35. The second-order valence-corrected chi connectivity index (χ2v) is 8.96. The number of para-hydroxylation sites is 2. The molecule has 0 radical (unpaired) electrons. The molecular formula is C32H26N4O. The van der Waals surface area contributed by atoms with Crippen molar-refractivity contribution in [1.29, 1.82) is 0 Å². The molecule has 2 amide bonds. The van der Waals surface area contributed by atoms with E-state index >= 15 is 0 Å². The first-order chi connectivity index (χ1) is 18.2. The molecule has 1 aliphatic heterocycles. The summed E-state index contributed by atoms with van der Waals surface area (Å²) in [7, 11) is 0. The van der Waals surface area contributed by atoms with Crippen molar-refractivity contribution in [2.45, 2.75) is 13.0 Å². The lowest BCUT2D eigenvalue weighted by Crippen LogP contribution is -2.59. The van der Waals surface area contributed by atoms with E-state index in [2.05, 4.69) is 43.3 Å². The molecule has 5 aromatic carbocycles. The number of hydrogen-bond acceptors (Lipinski definition) is 3. The molecular weight excluding hydrogens is 456 g/mol. The van der Waals surface area contributed by atoms with Gasteiger partial charge < -0.3 is 0 Å². The Bertz CT molecular complexity index is 1560. The second kappa shape index (κ2) is 9.63. The highest BCUT2D eigenvalue weighted by atomic mass is 16.2. The highest BCUT2D eigenvalue weighted by Gasteiger charge is 2.40. The zero-order chi connectivity index (χ0) is 25.2. The van der Waals surface area contributed by atoms with Crippen LogP contribution in [0.4, 0.5) is 16.2 Å². The zero-order valence-electron chi connectivity index (χ0n) is 20.5. The molecule has 0 unspecified atom stereocenters. The Kier molecular flexibility index (Phi) is 5.87. The second-order valence-electron chi connectivity index (χ2n) is 8.96. The van der Waals surface area contributed by atoms with Gasteiger partial charge in [0.2, 0.25) is 0 Å². The molecule has 0 aromatic heterocycles. The predicted octanol–water partition coefficient (Wildman–Crippen LogP) is 7.63. The van der Waals surface area contributed by atoms with Crippen LogP contribution in [-0.2, 0) is 0 Å². The molecule has 37 heavy (non-hydrogen) atoms. The van der Waals surface area contributed by atoms with Crippen molar-refractivity contribution in [3.05, 3.63) is 145 Å². The first-order valence-electron chi connectivity index (χ1n) is 12.4. The van der Waals surface area contributed by atoms with Gasteiger partial charge in [-0.1, -0.05) is 109 Å². The van der Waals surface area contributed by atoms with Gasteiger partial charge in [0.05, 0.1) is 17.4 Å². The number of hydrazone groups is 1. The third-order valence-corrected chi connectivity index (χ3v) is 6.67. The van der Waals surface area contributed by atoms with Crippen LogP contribution in [0, 0.1) is 0 Å². The summed E-state index contributed by atoms with van der Waals surface area (Å²) in [5.74, 6) is 0.695. The van der Waals surface area contributed by atoms with Gasteiger partial charge in [0.1, 0.15) is 0 Å². The maximum Gasteiger partial charge on any atom is 0.368 e. The summed E-state index contributed by atoms with van der Waals surface area (Å²) in [6.45, 7) is 2.11. The Morgan fingerprint density at radius 2 is 1.19 bits per heavy atom. The third-order valence-electron chi connectivity index (χ3n) is 6.67. The molecule has 0 N–H and O–H groups in total. The first-order valence-corrected chi connectivity index (χ1v) is 12.4. The van der Waals surface area contributed by atoms with Crippen LogP contribution in [0.5, 0.6) is 0 Å². The molecule has 0 saturated carbocycles. The third kappa shape index (κ3) is 4.10. The van der Waals surface area contributed by atoms with Crippen molar-refractivity contribution in [3.8, 4) is 0 Å². The topological polar surface area (TPSA) is 39.1 Å². The molecule has 0 spiro atoms. The smallest absolute Gasteiger partial charge is 0.250 e. The number of rotatable bonds is 5. The number of benzene rings is 5. The summed E-state index contributed by atoms with van der Waals surface area (Å²) in [4.78, 5) is 14.2. The van der Waals surface area contributed by atoms with Crippen LogP contribution in [0.3, 0.4) is 0 Å². The summed E-state index contributed by atoms with van der Waals surface area (Å²) in [6.07, 6.45) is 0. The number of amides is 2. The van der Waals surface area contributed by atoms with Crippen LogP contribution in [0.25, 0.3) is 10.8 Å². The lowest BCUT2D eigenvalue weighted by molar-refractivity contribution is 0.225. The van der Waals surface area contributed by atoms with Gasteiger partial charge in [-0.25, -0.2) is 4.79 Å². The largest absolute Gasteiger partial charge is 0.368 e. The number of anilines is 2. The van der Waals surface area contributed by atoms with Crippen molar-refractivity contribution in [1.82, 2.24) is 5.01 Å². The van der Waals surface area contributed by atoms with Gasteiger partial charge in [-0.3, -0.25) is 5.01 Å². The average Bonchev–Trinajstić information content (AvgIpc) is 2.97. The van der Waals surface area contributed by atoms with Gasteiger partial charge in [-0.2, -0.15) is 10.0 Å². The Morgan fingerprint density at radius 1 is 0.622 bits per heavy atom. The van der Waals surface area contributed by atoms with E-state index in [-0.39, 0.29) is 12.1 Å². The summed E-state index contributed by atoms with van der Waals surface area (Å²) in [5, 5.41) is 12.5. The van der Waals surface area contributed by atoms with Crippen molar-refractivity contribution >= 4 is 34.0 Å². The molecule has 1 atom stereocenters. The summed E-state index contributed by atoms with van der Waals surface area (Å²) >= 11 is 0. The number of carbonyl (C=O) groups excluding carboxylic acids is 1. The number of amidine groups is 1.